The van der Waals surface area contributed by atoms with E-state index in [0.29, 0.717) is 11.0 Å². The van der Waals surface area contributed by atoms with Crippen molar-refractivity contribution in [1.82, 2.24) is 20.2 Å². The molecule has 23 heavy (non-hydrogen) atoms. The van der Waals surface area contributed by atoms with Gasteiger partial charge in [0, 0.05) is 18.0 Å². The Labute approximate surface area is 135 Å². The third-order valence-electron chi connectivity index (χ3n) is 2.90. The van der Waals surface area contributed by atoms with Crippen molar-refractivity contribution in [3.8, 4) is 11.4 Å². The van der Waals surface area contributed by atoms with Gasteiger partial charge in [-0.25, -0.2) is 9.37 Å². The van der Waals surface area contributed by atoms with E-state index in [0.717, 1.165) is 5.56 Å². The zero-order valence-electron chi connectivity index (χ0n) is 11.9. The summed E-state index contributed by atoms with van der Waals surface area (Å²) in [6.45, 7) is 0. The summed E-state index contributed by atoms with van der Waals surface area (Å²) in [5.41, 5.74) is 1.01. The Kier molecular flexibility index (Phi) is 4.62. The molecule has 0 spiro atoms. The molecule has 6 nitrogen and oxygen atoms in total. The van der Waals surface area contributed by atoms with Crippen LogP contribution in [0.1, 0.15) is 0 Å². The summed E-state index contributed by atoms with van der Waals surface area (Å²) in [7, 11) is 0. The van der Waals surface area contributed by atoms with Gasteiger partial charge in [0.25, 0.3) is 0 Å². The molecular weight excluding hydrogens is 317 g/mol. The molecule has 3 rings (SSSR count). The monoisotopic (exact) mass is 329 g/mol. The Morgan fingerprint density at radius 3 is 2.78 bits per heavy atom. The maximum absolute atomic E-state index is 13.4. The summed E-state index contributed by atoms with van der Waals surface area (Å²) in [5.74, 6) is -0.106. The van der Waals surface area contributed by atoms with Gasteiger partial charge in [-0.3, -0.25) is 14.9 Å². The topological polar surface area (TPSA) is 83.6 Å². The number of rotatable bonds is 5. The number of hydrogen-bond donors (Lipinski definition) is 2. The number of benzene rings is 1. The SMILES string of the molecule is O=C(CSc1n[nH]c(-c2ccncc2)n1)Nc1ccccc1F. The Morgan fingerprint density at radius 1 is 1.22 bits per heavy atom. The number of nitrogens with zero attached hydrogens (tertiary/aromatic N) is 3. The number of thioether (sulfide) groups is 1. The summed E-state index contributed by atoms with van der Waals surface area (Å²) in [6.07, 6.45) is 3.32. The molecule has 0 atom stereocenters. The zero-order chi connectivity index (χ0) is 16.1. The van der Waals surface area contributed by atoms with E-state index in [9.17, 15) is 9.18 Å². The maximum atomic E-state index is 13.4. The van der Waals surface area contributed by atoms with E-state index in [2.05, 4.69) is 25.5 Å². The van der Waals surface area contributed by atoms with Crippen LogP contribution in [0.5, 0.6) is 0 Å². The van der Waals surface area contributed by atoms with Crippen LogP contribution in [0.25, 0.3) is 11.4 Å². The van der Waals surface area contributed by atoms with Crippen LogP contribution in [0.2, 0.25) is 0 Å². The molecule has 0 aliphatic rings. The molecular formula is C15H12FN5OS. The van der Waals surface area contributed by atoms with E-state index < -0.39 is 5.82 Å². The lowest BCUT2D eigenvalue weighted by Gasteiger charge is -2.04. The van der Waals surface area contributed by atoms with Crippen molar-refractivity contribution < 1.29 is 9.18 Å². The van der Waals surface area contributed by atoms with E-state index in [1.165, 1.54) is 23.9 Å². The van der Waals surface area contributed by atoms with Gasteiger partial charge in [0.05, 0.1) is 11.4 Å². The van der Waals surface area contributed by atoms with Gasteiger partial charge < -0.3 is 5.32 Å². The summed E-state index contributed by atoms with van der Waals surface area (Å²) in [5, 5.41) is 9.80. The molecule has 0 aliphatic heterocycles. The van der Waals surface area contributed by atoms with Crippen molar-refractivity contribution in [2.24, 2.45) is 0 Å². The lowest BCUT2D eigenvalue weighted by molar-refractivity contribution is -0.113. The lowest BCUT2D eigenvalue weighted by Crippen LogP contribution is -2.15. The van der Waals surface area contributed by atoms with Crippen LogP contribution in [-0.4, -0.2) is 31.8 Å². The van der Waals surface area contributed by atoms with Gasteiger partial charge >= 0.3 is 0 Å². The minimum absolute atomic E-state index is 0.0853. The molecule has 1 aromatic carbocycles. The Morgan fingerprint density at radius 2 is 2.00 bits per heavy atom. The van der Waals surface area contributed by atoms with Gasteiger partial charge in [-0.15, -0.1) is 5.10 Å². The average molecular weight is 329 g/mol. The molecule has 2 N–H and O–H groups in total. The van der Waals surface area contributed by atoms with Crippen LogP contribution in [0.4, 0.5) is 10.1 Å². The molecule has 116 valence electrons. The number of amides is 1. The Balaban J connectivity index is 1.58. The fraction of sp³-hybridized carbons (Fsp3) is 0.0667. The number of para-hydroxylation sites is 1. The van der Waals surface area contributed by atoms with Gasteiger partial charge in [-0.2, -0.15) is 0 Å². The molecule has 0 fully saturated rings. The first-order valence-corrected chi connectivity index (χ1v) is 7.71. The number of aromatic nitrogens is 4. The smallest absolute Gasteiger partial charge is 0.234 e. The molecule has 3 aromatic rings. The van der Waals surface area contributed by atoms with E-state index in [1.807, 2.05) is 0 Å². The number of H-pyrrole nitrogens is 1. The molecule has 0 saturated carbocycles. The second-order valence-electron chi connectivity index (χ2n) is 4.52. The Bertz CT molecular complexity index is 808. The first-order valence-electron chi connectivity index (χ1n) is 6.72. The second kappa shape index (κ2) is 7.01. The van der Waals surface area contributed by atoms with E-state index in [4.69, 9.17) is 0 Å². The highest BCUT2D eigenvalue weighted by Gasteiger charge is 2.10. The summed E-state index contributed by atoms with van der Waals surface area (Å²) >= 11 is 1.17. The molecule has 2 aromatic heterocycles. The molecule has 2 heterocycles. The van der Waals surface area contributed by atoms with Crippen LogP contribution < -0.4 is 5.32 Å². The minimum atomic E-state index is -0.469. The van der Waals surface area contributed by atoms with Crippen LogP contribution in [0.3, 0.4) is 0 Å². The van der Waals surface area contributed by atoms with E-state index in [-0.39, 0.29) is 17.3 Å². The molecule has 0 saturated heterocycles. The summed E-state index contributed by atoms with van der Waals surface area (Å²) in [6, 6.07) is 9.63. The van der Waals surface area contributed by atoms with Crippen LogP contribution in [0, 0.1) is 5.82 Å². The molecule has 0 aliphatic carbocycles. The van der Waals surface area contributed by atoms with Crippen LogP contribution in [0.15, 0.2) is 53.9 Å². The molecule has 0 unspecified atom stereocenters. The predicted molar refractivity (Wildman–Crippen MR) is 85.4 cm³/mol. The highest BCUT2D eigenvalue weighted by molar-refractivity contribution is 7.99. The first-order chi connectivity index (χ1) is 11.2. The van der Waals surface area contributed by atoms with Crippen molar-refractivity contribution in [1.29, 1.82) is 0 Å². The van der Waals surface area contributed by atoms with Crippen LogP contribution in [-0.2, 0) is 4.79 Å². The van der Waals surface area contributed by atoms with Gasteiger partial charge in [-0.05, 0) is 24.3 Å². The quantitative estimate of drug-likeness (QED) is 0.703. The number of carbonyl (C=O) groups is 1. The van der Waals surface area contributed by atoms with Crippen molar-refractivity contribution in [3.63, 3.8) is 0 Å². The number of halogens is 1. The lowest BCUT2D eigenvalue weighted by atomic mass is 10.3. The molecule has 0 bridgehead atoms. The molecule has 0 radical (unpaired) electrons. The Hall–Kier alpha value is -2.74. The largest absolute Gasteiger partial charge is 0.323 e. The van der Waals surface area contributed by atoms with E-state index in [1.54, 1.807) is 36.7 Å². The fourth-order valence-corrected chi connectivity index (χ4v) is 2.43. The molecule has 1 amide bonds. The van der Waals surface area contributed by atoms with Gasteiger partial charge in [0.2, 0.25) is 11.1 Å². The van der Waals surface area contributed by atoms with Crippen molar-refractivity contribution in [2.45, 2.75) is 5.16 Å². The van der Waals surface area contributed by atoms with Crippen molar-refractivity contribution in [2.75, 3.05) is 11.1 Å². The summed E-state index contributed by atoms with van der Waals surface area (Å²) in [4.78, 5) is 20.1. The highest BCUT2D eigenvalue weighted by Crippen LogP contribution is 2.19. The third kappa shape index (κ3) is 3.92. The number of anilines is 1. The summed E-state index contributed by atoms with van der Waals surface area (Å²) < 4.78 is 13.4. The van der Waals surface area contributed by atoms with Crippen molar-refractivity contribution in [3.05, 3.63) is 54.6 Å². The molecule has 8 heteroatoms. The fourth-order valence-electron chi connectivity index (χ4n) is 1.83. The number of nitrogens with one attached hydrogen (secondary N) is 2. The number of pyridine rings is 1. The second-order valence-corrected chi connectivity index (χ2v) is 5.46. The van der Waals surface area contributed by atoms with E-state index >= 15 is 0 Å². The normalized spacial score (nSPS) is 10.5. The van der Waals surface area contributed by atoms with Gasteiger partial charge in [-0.1, -0.05) is 23.9 Å². The maximum Gasteiger partial charge on any atom is 0.234 e. The highest BCUT2D eigenvalue weighted by atomic mass is 32.2. The average Bonchev–Trinajstić information content (AvgIpc) is 3.05. The number of hydrogen-bond acceptors (Lipinski definition) is 5. The first kappa shape index (κ1) is 15.2. The number of aromatic amines is 1. The third-order valence-corrected chi connectivity index (χ3v) is 3.75. The van der Waals surface area contributed by atoms with Crippen molar-refractivity contribution >= 4 is 23.4 Å². The number of carbonyl (C=O) groups excluding carboxylic acids is 1. The zero-order valence-corrected chi connectivity index (χ0v) is 12.7. The standard InChI is InChI=1S/C15H12FN5OS/c16-11-3-1-2-4-12(11)18-13(22)9-23-15-19-14(20-21-15)10-5-7-17-8-6-10/h1-8H,9H2,(H,18,22)(H,19,20,21). The van der Waals surface area contributed by atoms with Gasteiger partial charge in [0.1, 0.15) is 5.82 Å². The predicted octanol–water partition coefficient (Wildman–Crippen LogP) is 2.74. The van der Waals surface area contributed by atoms with Gasteiger partial charge in [0.15, 0.2) is 5.82 Å². The van der Waals surface area contributed by atoms with Crippen LogP contribution >= 0.6 is 11.8 Å². The minimum Gasteiger partial charge on any atom is -0.323 e.